The van der Waals surface area contributed by atoms with Crippen molar-refractivity contribution < 1.29 is 14.1 Å². The highest BCUT2D eigenvalue weighted by atomic mass is 35.5. The molecule has 0 bridgehead atoms. The van der Waals surface area contributed by atoms with Crippen molar-refractivity contribution in [3.63, 3.8) is 0 Å². The smallest absolute Gasteiger partial charge is 0.303 e. The van der Waals surface area contributed by atoms with Crippen LogP contribution in [0, 0.1) is 0 Å². The Morgan fingerprint density at radius 2 is 1.89 bits per heavy atom. The van der Waals surface area contributed by atoms with Crippen LogP contribution in [0.3, 0.4) is 0 Å². The molecule has 2 aromatic carbocycles. The second-order valence-electron chi connectivity index (χ2n) is 6.85. The quantitative estimate of drug-likeness (QED) is 0.675. The third-order valence-electron chi connectivity index (χ3n) is 4.87. The summed E-state index contributed by atoms with van der Waals surface area (Å²) in [6.45, 7) is 2.96. The van der Waals surface area contributed by atoms with E-state index in [9.17, 15) is 4.79 Å². The molecular weight excluding hydrogens is 374 g/mol. The molecule has 1 amide bonds. The minimum atomic E-state index is -0.301. The van der Waals surface area contributed by atoms with Crippen LogP contribution in [0.4, 0.5) is 0 Å². The lowest BCUT2D eigenvalue weighted by molar-refractivity contribution is -0.937. The molecule has 5 nitrogen and oxygen atoms in total. The minimum absolute atomic E-state index is 0.0272. The number of carbonyl (C=O) groups excluding carboxylic acids is 1. The molecular formula is C22H21ClN3O2+. The highest BCUT2D eigenvalue weighted by molar-refractivity contribution is 6.30. The largest absolute Gasteiger partial charge is 0.461 e. The van der Waals surface area contributed by atoms with Gasteiger partial charge in [-0.15, -0.1) is 0 Å². The van der Waals surface area contributed by atoms with Gasteiger partial charge in [0.2, 0.25) is 6.17 Å². The Labute approximate surface area is 168 Å². The molecule has 142 valence electrons. The van der Waals surface area contributed by atoms with Crippen molar-refractivity contribution in [1.82, 2.24) is 5.01 Å². The summed E-state index contributed by atoms with van der Waals surface area (Å²) in [5.41, 5.74) is 2.84. The molecule has 0 radical (unpaired) electrons. The summed E-state index contributed by atoms with van der Waals surface area (Å²) < 4.78 is 5.67. The zero-order valence-corrected chi connectivity index (χ0v) is 16.3. The van der Waals surface area contributed by atoms with Crippen molar-refractivity contribution in [2.75, 3.05) is 6.54 Å². The predicted octanol–water partition coefficient (Wildman–Crippen LogP) is 3.28. The van der Waals surface area contributed by atoms with Crippen molar-refractivity contribution in [2.45, 2.75) is 19.6 Å². The second kappa shape index (κ2) is 8.00. The number of amides is 1. The topological polar surface area (TPSA) is 50.2 Å². The molecule has 1 N–H and O–H groups in total. The number of hydrogen-bond acceptors (Lipinski definition) is 3. The van der Waals surface area contributed by atoms with Gasteiger partial charge in [0.1, 0.15) is 6.54 Å². The van der Waals surface area contributed by atoms with Gasteiger partial charge >= 0.3 is 5.91 Å². The maximum Gasteiger partial charge on any atom is 0.303 e. The molecule has 6 heteroatoms. The van der Waals surface area contributed by atoms with Crippen LogP contribution < -0.4 is 4.90 Å². The van der Waals surface area contributed by atoms with E-state index in [2.05, 4.69) is 17.2 Å². The van der Waals surface area contributed by atoms with E-state index in [4.69, 9.17) is 16.0 Å². The number of benzene rings is 2. The van der Waals surface area contributed by atoms with Crippen LogP contribution in [-0.2, 0) is 11.3 Å². The fourth-order valence-corrected chi connectivity index (χ4v) is 3.62. The monoisotopic (exact) mass is 394 g/mol. The van der Waals surface area contributed by atoms with Gasteiger partial charge in [-0.05, 0) is 36.8 Å². The lowest BCUT2D eigenvalue weighted by Crippen LogP contribution is -3.09. The van der Waals surface area contributed by atoms with E-state index in [1.165, 1.54) is 5.56 Å². The first kappa shape index (κ1) is 18.5. The molecule has 4 rings (SSSR count). The van der Waals surface area contributed by atoms with Crippen molar-refractivity contribution in [2.24, 2.45) is 5.10 Å². The fourth-order valence-electron chi connectivity index (χ4n) is 3.50. The van der Waals surface area contributed by atoms with E-state index >= 15 is 0 Å². The molecule has 0 aliphatic carbocycles. The van der Waals surface area contributed by atoms with Gasteiger partial charge in [0.15, 0.2) is 12.3 Å². The predicted molar refractivity (Wildman–Crippen MR) is 108 cm³/mol. The van der Waals surface area contributed by atoms with Crippen molar-refractivity contribution in [3.8, 4) is 0 Å². The van der Waals surface area contributed by atoms with Gasteiger partial charge < -0.3 is 4.42 Å². The minimum Gasteiger partial charge on any atom is -0.461 e. The highest BCUT2D eigenvalue weighted by Gasteiger charge is 2.45. The third-order valence-corrected chi connectivity index (χ3v) is 5.12. The standard InChI is InChI=1S/C22H20ClN3O2/c1-16(18-9-11-19(23)12-10-18)24-26-21(27)15-25(14-17-6-3-2-4-7-17)22(26)20-8-5-13-28-20/h2-13,22H,14-15H2,1H3/p+1/b24-16-/t22-/m1/s1. The Hall–Kier alpha value is -2.89. The van der Waals surface area contributed by atoms with E-state index in [0.717, 1.165) is 21.9 Å². The Kier molecular flexibility index (Phi) is 5.28. The zero-order valence-electron chi connectivity index (χ0n) is 15.5. The summed E-state index contributed by atoms with van der Waals surface area (Å²) in [6.07, 6.45) is 1.33. The summed E-state index contributed by atoms with van der Waals surface area (Å²) in [6, 6.07) is 21.3. The first-order valence-electron chi connectivity index (χ1n) is 9.17. The van der Waals surface area contributed by atoms with Gasteiger partial charge in [-0.3, -0.25) is 9.69 Å². The van der Waals surface area contributed by atoms with Gasteiger partial charge in [-0.2, -0.15) is 10.1 Å². The Morgan fingerprint density at radius 3 is 2.57 bits per heavy atom. The lowest BCUT2D eigenvalue weighted by atomic mass is 10.1. The third kappa shape index (κ3) is 3.86. The van der Waals surface area contributed by atoms with E-state index in [0.29, 0.717) is 18.1 Å². The van der Waals surface area contributed by atoms with Gasteiger partial charge in [0.25, 0.3) is 0 Å². The number of nitrogens with one attached hydrogen (secondary N) is 1. The highest BCUT2D eigenvalue weighted by Crippen LogP contribution is 2.21. The van der Waals surface area contributed by atoms with Gasteiger partial charge in [-0.1, -0.05) is 54.1 Å². The Bertz CT molecular complexity index is 969. The van der Waals surface area contributed by atoms with Crippen molar-refractivity contribution in [3.05, 3.63) is 94.9 Å². The molecule has 28 heavy (non-hydrogen) atoms. The molecule has 1 aliphatic heterocycles. The number of furan rings is 1. The molecule has 2 heterocycles. The van der Waals surface area contributed by atoms with Crippen LogP contribution in [0.25, 0.3) is 0 Å². The lowest BCUT2D eigenvalue weighted by Gasteiger charge is -2.22. The number of hydrogen-bond donors (Lipinski definition) is 1. The number of rotatable bonds is 5. The average molecular weight is 395 g/mol. The van der Waals surface area contributed by atoms with Crippen LogP contribution in [0.5, 0.6) is 0 Å². The molecule has 1 aromatic heterocycles. The normalized spacial score (nSPS) is 20.0. The molecule has 1 fully saturated rings. The van der Waals surface area contributed by atoms with E-state index in [1.54, 1.807) is 11.3 Å². The Balaban J connectivity index is 1.66. The fraction of sp³-hybridized carbons (Fsp3) is 0.182. The van der Waals surface area contributed by atoms with Crippen molar-refractivity contribution in [1.29, 1.82) is 0 Å². The van der Waals surface area contributed by atoms with Crippen LogP contribution in [0.2, 0.25) is 5.02 Å². The maximum atomic E-state index is 12.8. The van der Waals surface area contributed by atoms with Gasteiger partial charge in [-0.25, -0.2) is 0 Å². The number of hydrazone groups is 1. The molecule has 0 spiro atoms. The van der Waals surface area contributed by atoms with Gasteiger partial charge in [0.05, 0.1) is 12.0 Å². The first-order chi connectivity index (χ1) is 13.6. The summed E-state index contributed by atoms with van der Waals surface area (Å²) in [5, 5.41) is 6.89. The average Bonchev–Trinajstić information content (AvgIpc) is 3.32. The van der Waals surface area contributed by atoms with Crippen LogP contribution in [-0.4, -0.2) is 23.2 Å². The molecule has 3 aromatic rings. The summed E-state index contributed by atoms with van der Waals surface area (Å²) >= 11 is 5.98. The number of carbonyl (C=O) groups is 1. The number of halogens is 1. The molecule has 0 saturated carbocycles. The molecule has 1 unspecified atom stereocenters. The van der Waals surface area contributed by atoms with E-state index in [-0.39, 0.29) is 12.1 Å². The summed E-state index contributed by atoms with van der Waals surface area (Å²) in [5.74, 6) is 0.699. The van der Waals surface area contributed by atoms with Crippen molar-refractivity contribution >= 4 is 23.2 Å². The van der Waals surface area contributed by atoms with Crippen LogP contribution in [0.15, 0.2) is 82.5 Å². The molecule has 2 atom stereocenters. The van der Waals surface area contributed by atoms with Crippen LogP contribution in [0.1, 0.15) is 30.0 Å². The van der Waals surface area contributed by atoms with Gasteiger partial charge in [0, 0.05) is 10.6 Å². The SMILES string of the molecule is C/C(=N/N1C(=O)C[NH+](Cc2ccccc2)[C@H]1c1ccco1)c1ccc(Cl)cc1. The second-order valence-corrected chi connectivity index (χ2v) is 7.28. The first-order valence-corrected chi connectivity index (χ1v) is 9.55. The summed E-state index contributed by atoms with van der Waals surface area (Å²) in [7, 11) is 0. The van der Waals surface area contributed by atoms with Crippen LogP contribution >= 0.6 is 11.6 Å². The molecule has 1 aliphatic rings. The van der Waals surface area contributed by atoms with E-state index in [1.807, 2.05) is 61.5 Å². The number of nitrogens with zero attached hydrogens (tertiary/aromatic N) is 2. The van der Waals surface area contributed by atoms with E-state index < -0.39 is 0 Å². The maximum absolute atomic E-state index is 12.8. The Morgan fingerprint density at radius 1 is 1.14 bits per heavy atom. The molecule has 1 saturated heterocycles. The summed E-state index contributed by atoms with van der Waals surface area (Å²) in [4.78, 5) is 13.9. The zero-order chi connectivity index (χ0) is 19.5. The number of quaternary nitrogens is 1.